The van der Waals surface area contributed by atoms with Gasteiger partial charge in [-0.3, -0.25) is 20.0 Å². The summed E-state index contributed by atoms with van der Waals surface area (Å²) in [6.07, 6.45) is 2.69. The first-order valence-electron chi connectivity index (χ1n) is 11.5. The Morgan fingerprint density at radius 3 is 2.74 bits per heavy atom. The van der Waals surface area contributed by atoms with Crippen molar-refractivity contribution in [2.75, 3.05) is 26.7 Å². The van der Waals surface area contributed by atoms with Crippen LogP contribution in [-0.2, 0) is 11.3 Å². The van der Waals surface area contributed by atoms with E-state index < -0.39 is 4.92 Å². The lowest BCUT2D eigenvalue weighted by Gasteiger charge is -2.35. The number of rotatable bonds is 6. The largest absolute Gasteiger partial charge is 0.497 e. The minimum atomic E-state index is -0.463. The molecule has 10 heteroatoms. The van der Waals surface area contributed by atoms with Gasteiger partial charge in [-0.05, 0) is 48.7 Å². The van der Waals surface area contributed by atoms with Gasteiger partial charge >= 0.3 is 6.09 Å². The van der Waals surface area contributed by atoms with Gasteiger partial charge < -0.3 is 14.4 Å². The standard InChI is InChI=1S/C25H25ClN4O5/c1-34-18-3-5-22-20(13-18)19(6-9-27-22)24-15-29(25(31)35-24)17-7-10-28(11-8-17)14-16-2-4-21(26)23(12-16)30(32)33/h2-6,9,12-13,17,24H,7-8,10-11,14-15H2,1H3. The number of carbonyl (C=O) groups is 1. The van der Waals surface area contributed by atoms with Crippen LogP contribution in [-0.4, -0.2) is 58.6 Å². The van der Waals surface area contributed by atoms with Crippen LogP contribution in [0.5, 0.6) is 5.75 Å². The number of hydrogen-bond acceptors (Lipinski definition) is 7. The molecule has 1 aromatic heterocycles. The van der Waals surface area contributed by atoms with E-state index in [2.05, 4.69) is 9.88 Å². The molecule has 5 rings (SSSR count). The number of likely N-dealkylation sites (tertiary alicyclic amines) is 1. The highest BCUT2D eigenvalue weighted by molar-refractivity contribution is 6.32. The summed E-state index contributed by atoms with van der Waals surface area (Å²) in [5.41, 5.74) is 2.52. The molecule has 1 amide bonds. The molecular formula is C25H25ClN4O5. The second-order valence-electron chi connectivity index (χ2n) is 8.86. The molecule has 0 spiro atoms. The molecule has 0 radical (unpaired) electrons. The van der Waals surface area contributed by atoms with Gasteiger partial charge in [0.05, 0.1) is 24.1 Å². The van der Waals surface area contributed by atoms with Crippen LogP contribution in [0.3, 0.4) is 0 Å². The third-order valence-corrected chi connectivity index (χ3v) is 7.10. The van der Waals surface area contributed by atoms with Gasteiger partial charge in [0.25, 0.3) is 5.69 Å². The van der Waals surface area contributed by atoms with Crippen LogP contribution >= 0.6 is 11.6 Å². The monoisotopic (exact) mass is 496 g/mol. The van der Waals surface area contributed by atoms with Gasteiger partial charge in [0.15, 0.2) is 0 Å². The van der Waals surface area contributed by atoms with Crippen molar-refractivity contribution in [2.45, 2.75) is 31.5 Å². The second kappa shape index (κ2) is 9.67. The number of nitro benzene ring substituents is 1. The average Bonchev–Trinajstić information content (AvgIpc) is 3.26. The summed E-state index contributed by atoms with van der Waals surface area (Å²) in [6.45, 7) is 2.65. The van der Waals surface area contributed by atoms with E-state index in [1.807, 2.05) is 35.2 Å². The lowest BCUT2D eigenvalue weighted by Crippen LogP contribution is -2.45. The van der Waals surface area contributed by atoms with Crippen LogP contribution in [0.15, 0.2) is 48.7 Å². The van der Waals surface area contributed by atoms with Gasteiger partial charge in [0.2, 0.25) is 0 Å². The SMILES string of the molecule is COc1ccc2nccc(C3CN(C4CCN(Cc5ccc(Cl)c([N+](=O)[O-])c5)CC4)C(=O)O3)c2c1. The molecule has 0 N–H and O–H groups in total. The fourth-order valence-corrected chi connectivity index (χ4v) is 5.12. The normalized spacial score (nSPS) is 19.2. The molecule has 3 heterocycles. The molecular weight excluding hydrogens is 472 g/mol. The van der Waals surface area contributed by atoms with Gasteiger partial charge in [0.1, 0.15) is 16.9 Å². The predicted molar refractivity (Wildman–Crippen MR) is 131 cm³/mol. The molecule has 2 aromatic carbocycles. The van der Waals surface area contributed by atoms with Crippen molar-refractivity contribution in [1.82, 2.24) is 14.8 Å². The summed E-state index contributed by atoms with van der Waals surface area (Å²) in [7, 11) is 1.62. The number of carbonyl (C=O) groups excluding carboxylic acids is 1. The van der Waals surface area contributed by atoms with Crippen molar-refractivity contribution in [2.24, 2.45) is 0 Å². The Bertz CT molecular complexity index is 1280. The zero-order chi connectivity index (χ0) is 24.5. The van der Waals surface area contributed by atoms with E-state index in [1.165, 1.54) is 6.07 Å². The summed E-state index contributed by atoms with van der Waals surface area (Å²) in [5.74, 6) is 0.728. The Hall–Kier alpha value is -3.43. The number of cyclic esters (lactones) is 1. The Morgan fingerprint density at radius 1 is 1.20 bits per heavy atom. The first-order chi connectivity index (χ1) is 16.9. The van der Waals surface area contributed by atoms with Crippen molar-refractivity contribution < 1.29 is 19.2 Å². The van der Waals surface area contributed by atoms with E-state index in [4.69, 9.17) is 21.1 Å². The van der Waals surface area contributed by atoms with E-state index in [0.717, 1.165) is 53.7 Å². The number of hydrogen-bond donors (Lipinski definition) is 0. The number of halogens is 1. The van der Waals surface area contributed by atoms with Crippen LogP contribution in [0, 0.1) is 10.1 Å². The number of fused-ring (bicyclic) bond motifs is 1. The number of nitro groups is 1. The third kappa shape index (κ3) is 4.74. The van der Waals surface area contributed by atoms with E-state index >= 15 is 0 Å². The van der Waals surface area contributed by atoms with Crippen LogP contribution in [0.1, 0.15) is 30.1 Å². The Balaban J connectivity index is 1.24. The first kappa shape index (κ1) is 23.3. The number of methoxy groups -OCH3 is 1. The fourth-order valence-electron chi connectivity index (χ4n) is 4.94. The Morgan fingerprint density at radius 2 is 2.00 bits per heavy atom. The Kier molecular flexibility index (Phi) is 6.44. The summed E-state index contributed by atoms with van der Waals surface area (Å²) >= 11 is 5.93. The maximum atomic E-state index is 12.8. The molecule has 2 aliphatic rings. The summed E-state index contributed by atoms with van der Waals surface area (Å²) in [5, 5.41) is 12.2. The van der Waals surface area contributed by atoms with E-state index in [0.29, 0.717) is 13.1 Å². The number of pyridine rings is 1. The third-order valence-electron chi connectivity index (χ3n) is 6.78. The van der Waals surface area contributed by atoms with Crippen molar-refractivity contribution in [1.29, 1.82) is 0 Å². The lowest BCUT2D eigenvalue weighted by molar-refractivity contribution is -0.384. The molecule has 1 unspecified atom stereocenters. The van der Waals surface area contributed by atoms with Crippen molar-refractivity contribution >= 4 is 34.3 Å². The van der Waals surface area contributed by atoms with Crippen LogP contribution in [0.4, 0.5) is 10.5 Å². The van der Waals surface area contributed by atoms with Crippen molar-refractivity contribution in [3.63, 3.8) is 0 Å². The highest BCUT2D eigenvalue weighted by Crippen LogP contribution is 2.35. The topological polar surface area (TPSA) is 98.0 Å². The predicted octanol–water partition coefficient (Wildman–Crippen LogP) is 4.96. The smallest absolute Gasteiger partial charge is 0.410 e. The number of piperidine rings is 1. The minimum absolute atomic E-state index is 0.0776. The van der Waals surface area contributed by atoms with Crippen molar-refractivity contribution in [3.8, 4) is 5.75 Å². The molecule has 2 saturated heterocycles. The van der Waals surface area contributed by atoms with E-state index in [1.54, 1.807) is 19.4 Å². The maximum Gasteiger partial charge on any atom is 0.410 e. The molecule has 0 bridgehead atoms. The van der Waals surface area contributed by atoms with Gasteiger partial charge in [-0.1, -0.05) is 17.7 Å². The first-order valence-corrected chi connectivity index (χ1v) is 11.9. The molecule has 2 aliphatic heterocycles. The molecule has 1 atom stereocenters. The van der Waals surface area contributed by atoms with E-state index in [-0.39, 0.29) is 28.9 Å². The number of ether oxygens (including phenoxy) is 2. The molecule has 35 heavy (non-hydrogen) atoms. The quantitative estimate of drug-likeness (QED) is 0.351. The van der Waals surface area contributed by atoms with E-state index in [9.17, 15) is 14.9 Å². The van der Waals surface area contributed by atoms with Crippen LogP contribution in [0.2, 0.25) is 5.02 Å². The zero-order valence-corrected chi connectivity index (χ0v) is 20.0. The lowest BCUT2D eigenvalue weighted by atomic mass is 10.0. The van der Waals surface area contributed by atoms with Crippen LogP contribution < -0.4 is 4.74 Å². The molecule has 0 aliphatic carbocycles. The molecule has 0 saturated carbocycles. The number of nitrogens with zero attached hydrogens (tertiary/aromatic N) is 4. The Labute approximate surface area is 207 Å². The summed E-state index contributed by atoms with van der Waals surface area (Å²) in [4.78, 5) is 32.0. The second-order valence-corrected chi connectivity index (χ2v) is 9.27. The van der Waals surface area contributed by atoms with Crippen LogP contribution in [0.25, 0.3) is 10.9 Å². The highest BCUT2D eigenvalue weighted by atomic mass is 35.5. The molecule has 182 valence electrons. The zero-order valence-electron chi connectivity index (χ0n) is 19.2. The van der Waals surface area contributed by atoms with Gasteiger partial charge in [0, 0.05) is 48.9 Å². The van der Waals surface area contributed by atoms with Gasteiger partial charge in [-0.15, -0.1) is 0 Å². The summed E-state index contributed by atoms with van der Waals surface area (Å²) in [6, 6.07) is 12.6. The molecule has 2 fully saturated rings. The van der Waals surface area contributed by atoms with Crippen molar-refractivity contribution in [3.05, 3.63) is 74.9 Å². The molecule has 3 aromatic rings. The number of amides is 1. The van der Waals surface area contributed by atoms with Gasteiger partial charge in [-0.25, -0.2) is 4.79 Å². The maximum absolute atomic E-state index is 12.8. The highest BCUT2D eigenvalue weighted by Gasteiger charge is 2.38. The number of benzene rings is 2. The minimum Gasteiger partial charge on any atom is -0.497 e. The molecule has 9 nitrogen and oxygen atoms in total. The fraction of sp³-hybridized carbons (Fsp3) is 0.360. The van der Waals surface area contributed by atoms with Gasteiger partial charge in [-0.2, -0.15) is 0 Å². The average molecular weight is 497 g/mol. The summed E-state index contributed by atoms with van der Waals surface area (Å²) < 4.78 is 11.2. The number of aromatic nitrogens is 1.